The molecule has 2 saturated heterocycles. The Labute approximate surface area is 158 Å². The molecule has 8 nitrogen and oxygen atoms in total. The summed E-state index contributed by atoms with van der Waals surface area (Å²) in [5.74, 6) is -0.0790. The number of carbonyl (C=O) groups excluding carboxylic acids is 1. The Bertz CT molecular complexity index is 493. The van der Waals surface area contributed by atoms with Crippen LogP contribution in [0.1, 0.15) is 25.7 Å². The van der Waals surface area contributed by atoms with Gasteiger partial charge in [0.25, 0.3) is 0 Å². The lowest BCUT2D eigenvalue weighted by Crippen LogP contribution is -2.65. The van der Waals surface area contributed by atoms with E-state index in [4.69, 9.17) is 4.74 Å². The normalized spacial score (nSPS) is 39.7. The van der Waals surface area contributed by atoms with Gasteiger partial charge in [-0.25, -0.2) is 0 Å². The monoisotopic (exact) mass is 389 g/mol. The molecule has 1 saturated carbocycles. The summed E-state index contributed by atoms with van der Waals surface area (Å²) in [7, 11) is 1.94. The Kier molecular flexibility index (Phi) is 6.82. The summed E-state index contributed by atoms with van der Waals surface area (Å²) in [5, 5.41) is 37.1. The van der Waals surface area contributed by atoms with Crippen LogP contribution in [0.4, 0.5) is 0 Å². The number of aliphatic hydroxyl groups excluding tert-OH is 3. The second-order valence-electron chi connectivity index (χ2n) is 7.61. The van der Waals surface area contributed by atoms with Crippen molar-refractivity contribution in [2.75, 3.05) is 26.4 Å². The minimum atomic E-state index is -1.30. The molecule has 0 bridgehead atoms. The first-order chi connectivity index (χ1) is 12.4. The molecule has 1 aliphatic carbocycles. The Morgan fingerprint density at radius 1 is 1.23 bits per heavy atom. The predicted octanol–water partition coefficient (Wildman–Crippen LogP) is -1.51. The molecule has 7 atom stereocenters. The summed E-state index contributed by atoms with van der Waals surface area (Å²) >= 11 is 1.28. The molecule has 0 aromatic rings. The van der Waals surface area contributed by atoms with Crippen LogP contribution in [-0.2, 0) is 9.53 Å². The van der Waals surface area contributed by atoms with Gasteiger partial charge in [0.15, 0.2) is 0 Å². The fourth-order valence-electron chi connectivity index (χ4n) is 3.75. The SMILES string of the molecule is CSC1OC(C(CNC2CC2)NC(=O)C2CCCN2C)C(O)C(O)C1O. The van der Waals surface area contributed by atoms with Gasteiger partial charge in [-0.1, -0.05) is 0 Å². The second kappa shape index (κ2) is 8.72. The molecular weight excluding hydrogens is 358 g/mol. The summed E-state index contributed by atoms with van der Waals surface area (Å²) in [6.07, 6.45) is 1.28. The average Bonchev–Trinajstić information content (AvgIpc) is 3.36. The van der Waals surface area contributed by atoms with Gasteiger partial charge in [-0.05, 0) is 45.5 Å². The second-order valence-corrected chi connectivity index (χ2v) is 8.55. The van der Waals surface area contributed by atoms with Crippen molar-refractivity contribution >= 4 is 17.7 Å². The molecule has 3 aliphatic rings. The largest absolute Gasteiger partial charge is 0.388 e. The van der Waals surface area contributed by atoms with Gasteiger partial charge in [-0.15, -0.1) is 11.8 Å². The first-order valence-corrected chi connectivity index (χ1v) is 10.7. The zero-order valence-corrected chi connectivity index (χ0v) is 16.2. The van der Waals surface area contributed by atoms with E-state index in [1.807, 2.05) is 11.9 Å². The number of carbonyl (C=O) groups is 1. The number of nitrogens with one attached hydrogen (secondary N) is 2. The maximum absolute atomic E-state index is 12.7. The van der Waals surface area contributed by atoms with Crippen LogP contribution in [0.25, 0.3) is 0 Å². The highest BCUT2D eigenvalue weighted by atomic mass is 32.2. The number of aliphatic hydroxyl groups is 3. The third-order valence-electron chi connectivity index (χ3n) is 5.59. The Hall–Kier alpha value is -0.420. The third kappa shape index (κ3) is 4.52. The van der Waals surface area contributed by atoms with Crippen molar-refractivity contribution in [1.29, 1.82) is 0 Å². The van der Waals surface area contributed by atoms with Gasteiger partial charge in [-0.3, -0.25) is 9.69 Å². The van der Waals surface area contributed by atoms with E-state index < -0.39 is 35.9 Å². The van der Waals surface area contributed by atoms with Crippen molar-refractivity contribution in [1.82, 2.24) is 15.5 Å². The van der Waals surface area contributed by atoms with Crippen LogP contribution < -0.4 is 10.6 Å². The van der Waals surface area contributed by atoms with Gasteiger partial charge < -0.3 is 30.7 Å². The van der Waals surface area contributed by atoms with Crippen molar-refractivity contribution in [2.45, 2.75) is 73.7 Å². The molecule has 9 heteroatoms. The highest BCUT2D eigenvalue weighted by molar-refractivity contribution is 7.99. The maximum Gasteiger partial charge on any atom is 0.237 e. The molecule has 0 spiro atoms. The quantitative estimate of drug-likeness (QED) is 0.357. The average molecular weight is 390 g/mol. The van der Waals surface area contributed by atoms with E-state index in [0.717, 1.165) is 32.2 Å². The number of hydrogen-bond donors (Lipinski definition) is 5. The number of amides is 1. The molecule has 0 radical (unpaired) electrons. The lowest BCUT2D eigenvalue weighted by atomic mass is 9.94. The molecule has 3 fully saturated rings. The molecule has 2 aliphatic heterocycles. The fraction of sp³-hybridized carbons (Fsp3) is 0.941. The van der Waals surface area contributed by atoms with Crippen LogP contribution in [0.15, 0.2) is 0 Å². The first-order valence-electron chi connectivity index (χ1n) is 9.38. The number of nitrogens with zero attached hydrogens (tertiary/aromatic N) is 1. The number of rotatable bonds is 7. The third-order valence-corrected chi connectivity index (χ3v) is 6.44. The first kappa shape index (κ1) is 20.3. The molecular formula is C17H31N3O5S. The van der Waals surface area contributed by atoms with Crippen LogP contribution >= 0.6 is 11.8 Å². The van der Waals surface area contributed by atoms with Crippen molar-refractivity contribution < 1.29 is 24.9 Å². The number of thioether (sulfide) groups is 1. The van der Waals surface area contributed by atoms with Gasteiger partial charge in [0.1, 0.15) is 29.9 Å². The van der Waals surface area contributed by atoms with E-state index in [-0.39, 0.29) is 11.9 Å². The van der Waals surface area contributed by atoms with Gasteiger partial charge in [-0.2, -0.15) is 0 Å². The smallest absolute Gasteiger partial charge is 0.237 e. The van der Waals surface area contributed by atoms with E-state index in [1.165, 1.54) is 11.8 Å². The summed E-state index contributed by atoms with van der Waals surface area (Å²) < 4.78 is 5.87. The minimum absolute atomic E-state index is 0.0790. The minimum Gasteiger partial charge on any atom is -0.388 e. The van der Waals surface area contributed by atoms with Crippen LogP contribution in [0.5, 0.6) is 0 Å². The molecule has 1 amide bonds. The van der Waals surface area contributed by atoms with Crippen molar-refractivity contribution in [2.24, 2.45) is 0 Å². The Balaban J connectivity index is 1.70. The molecule has 150 valence electrons. The Morgan fingerprint density at radius 3 is 2.54 bits per heavy atom. The zero-order chi connectivity index (χ0) is 18.8. The molecule has 2 heterocycles. The van der Waals surface area contributed by atoms with Crippen molar-refractivity contribution in [3.63, 3.8) is 0 Å². The molecule has 3 rings (SSSR count). The number of likely N-dealkylation sites (tertiary alicyclic amines) is 1. The molecule has 0 aromatic carbocycles. The maximum atomic E-state index is 12.7. The molecule has 0 aromatic heterocycles. The molecule has 5 N–H and O–H groups in total. The van der Waals surface area contributed by atoms with Crippen LogP contribution in [0.2, 0.25) is 0 Å². The van der Waals surface area contributed by atoms with E-state index in [0.29, 0.717) is 12.6 Å². The number of hydrogen-bond acceptors (Lipinski definition) is 8. The van der Waals surface area contributed by atoms with E-state index in [9.17, 15) is 20.1 Å². The number of likely N-dealkylation sites (N-methyl/N-ethyl adjacent to an activating group) is 1. The van der Waals surface area contributed by atoms with Crippen molar-refractivity contribution in [3.05, 3.63) is 0 Å². The highest BCUT2D eigenvalue weighted by Gasteiger charge is 2.47. The van der Waals surface area contributed by atoms with E-state index in [1.54, 1.807) is 6.26 Å². The lowest BCUT2D eigenvalue weighted by molar-refractivity contribution is -0.205. The Morgan fingerprint density at radius 2 is 1.96 bits per heavy atom. The van der Waals surface area contributed by atoms with Crippen LogP contribution in [0.3, 0.4) is 0 Å². The zero-order valence-electron chi connectivity index (χ0n) is 15.4. The summed E-state index contributed by atoms with van der Waals surface area (Å²) in [6, 6.07) is -0.217. The van der Waals surface area contributed by atoms with Crippen LogP contribution in [0, 0.1) is 0 Å². The van der Waals surface area contributed by atoms with Gasteiger partial charge >= 0.3 is 0 Å². The molecule has 7 unspecified atom stereocenters. The van der Waals surface area contributed by atoms with Crippen LogP contribution in [-0.4, -0.2) is 100 Å². The van der Waals surface area contributed by atoms with Gasteiger partial charge in [0.2, 0.25) is 5.91 Å². The predicted molar refractivity (Wildman–Crippen MR) is 98.8 cm³/mol. The topological polar surface area (TPSA) is 114 Å². The van der Waals surface area contributed by atoms with Gasteiger partial charge in [0.05, 0.1) is 12.1 Å². The summed E-state index contributed by atoms with van der Waals surface area (Å²) in [5.41, 5.74) is -0.645. The standard InChI is InChI=1S/C17H31N3O5S/c1-20-7-3-4-11(20)16(24)19-10(8-18-9-5-6-9)15-13(22)12(21)14(23)17(25-15)26-2/h9-15,17-18,21-23H,3-8H2,1-2H3,(H,19,24). The van der Waals surface area contributed by atoms with E-state index >= 15 is 0 Å². The molecule has 26 heavy (non-hydrogen) atoms. The van der Waals surface area contributed by atoms with Crippen molar-refractivity contribution in [3.8, 4) is 0 Å². The highest BCUT2D eigenvalue weighted by Crippen LogP contribution is 2.29. The van der Waals surface area contributed by atoms with Gasteiger partial charge in [0, 0.05) is 12.6 Å². The fourth-order valence-corrected chi connectivity index (χ4v) is 4.43. The summed E-state index contributed by atoms with van der Waals surface area (Å²) in [6.45, 7) is 1.35. The van der Waals surface area contributed by atoms with E-state index in [2.05, 4.69) is 10.6 Å². The number of ether oxygens (including phenoxy) is 1. The summed E-state index contributed by atoms with van der Waals surface area (Å²) in [4.78, 5) is 14.8. The lowest BCUT2D eigenvalue weighted by Gasteiger charge is -2.43.